The summed E-state index contributed by atoms with van der Waals surface area (Å²) in [6.45, 7) is 0.0338. The average molecular weight is 380 g/mol. The van der Waals surface area contributed by atoms with Crippen LogP contribution in [-0.4, -0.2) is 22.6 Å². The van der Waals surface area contributed by atoms with Crippen molar-refractivity contribution in [2.24, 2.45) is 5.92 Å². The van der Waals surface area contributed by atoms with Crippen molar-refractivity contribution in [2.75, 3.05) is 6.61 Å². The second kappa shape index (κ2) is 7.56. The van der Waals surface area contributed by atoms with Crippen LogP contribution in [0.2, 0.25) is 0 Å². The fourth-order valence-electron chi connectivity index (χ4n) is 3.51. The van der Waals surface area contributed by atoms with Crippen LogP contribution >= 0.6 is 0 Å². The molecular weight excluding hydrogens is 361 g/mol. The Labute approximate surface area is 153 Å². The molecule has 2 aromatic rings. The van der Waals surface area contributed by atoms with Crippen LogP contribution in [0.4, 0.5) is 13.2 Å². The van der Waals surface area contributed by atoms with Gasteiger partial charge in [0, 0.05) is 6.61 Å². The van der Waals surface area contributed by atoms with Gasteiger partial charge in [0.1, 0.15) is 11.3 Å². The molecule has 1 heterocycles. The standard InChI is InChI=1S/C19H19F3N2O3/c20-19(21,22)16-6-5-14(18(27)24-16)17(26)23-15-10-11(7-8-25)9-12-3-1-2-4-13(12)15/h1-6,11,15,25H,7-10H2,(H,23,26)(H,24,27)/t11-,15+/m0/s1. The number of H-pyrrole nitrogens is 1. The number of rotatable bonds is 4. The summed E-state index contributed by atoms with van der Waals surface area (Å²) in [5.74, 6) is -0.560. The molecule has 1 aromatic carbocycles. The molecule has 0 unspecified atom stereocenters. The molecule has 1 aromatic heterocycles. The zero-order valence-corrected chi connectivity index (χ0v) is 14.3. The molecule has 0 saturated carbocycles. The molecule has 0 spiro atoms. The predicted octanol–water partition coefficient (Wildman–Crippen LogP) is 2.81. The van der Waals surface area contributed by atoms with Crippen molar-refractivity contribution in [3.63, 3.8) is 0 Å². The summed E-state index contributed by atoms with van der Waals surface area (Å²) in [5, 5.41) is 12.0. The molecule has 0 bridgehead atoms. The number of hydrogen-bond donors (Lipinski definition) is 3. The van der Waals surface area contributed by atoms with E-state index in [1.54, 1.807) is 4.98 Å². The van der Waals surface area contributed by atoms with Gasteiger partial charge in [-0.1, -0.05) is 24.3 Å². The van der Waals surface area contributed by atoms with E-state index < -0.39 is 23.3 Å². The van der Waals surface area contributed by atoms with Gasteiger partial charge in [-0.3, -0.25) is 9.59 Å². The highest BCUT2D eigenvalue weighted by molar-refractivity contribution is 5.94. The molecular formula is C19H19F3N2O3. The van der Waals surface area contributed by atoms with Gasteiger partial charge in [-0.15, -0.1) is 0 Å². The quantitative estimate of drug-likeness (QED) is 0.763. The van der Waals surface area contributed by atoms with E-state index in [0.29, 0.717) is 18.9 Å². The van der Waals surface area contributed by atoms with Crippen LogP contribution in [0.3, 0.4) is 0 Å². The van der Waals surface area contributed by atoms with Crippen molar-refractivity contribution in [3.8, 4) is 0 Å². The third-order valence-corrected chi connectivity index (χ3v) is 4.81. The first-order chi connectivity index (χ1) is 12.8. The van der Waals surface area contributed by atoms with E-state index in [-0.39, 0.29) is 24.1 Å². The van der Waals surface area contributed by atoms with Crippen LogP contribution < -0.4 is 10.9 Å². The Morgan fingerprint density at radius 1 is 1.22 bits per heavy atom. The molecule has 1 aliphatic carbocycles. The van der Waals surface area contributed by atoms with Gasteiger partial charge in [0.05, 0.1) is 6.04 Å². The molecule has 2 atom stereocenters. The highest BCUT2D eigenvalue weighted by Crippen LogP contribution is 2.34. The summed E-state index contributed by atoms with van der Waals surface area (Å²) in [6.07, 6.45) is -2.73. The Balaban J connectivity index is 1.84. The molecule has 27 heavy (non-hydrogen) atoms. The molecule has 3 rings (SSSR count). The first kappa shape index (κ1) is 19.2. The third-order valence-electron chi connectivity index (χ3n) is 4.81. The molecule has 5 nitrogen and oxygen atoms in total. The van der Waals surface area contributed by atoms with Gasteiger partial charge in [0.25, 0.3) is 11.5 Å². The van der Waals surface area contributed by atoms with Gasteiger partial charge < -0.3 is 15.4 Å². The van der Waals surface area contributed by atoms with Gasteiger partial charge >= 0.3 is 6.18 Å². The molecule has 0 saturated heterocycles. The maximum absolute atomic E-state index is 12.7. The van der Waals surface area contributed by atoms with E-state index in [1.165, 1.54) is 0 Å². The molecule has 0 fully saturated rings. The minimum atomic E-state index is -4.69. The third kappa shape index (κ3) is 4.21. The molecule has 8 heteroatoms. The monoisotopic (exact) mass is 380 g/mol. The zero-order valence-electron chi connectivity index (χ0n) is 14.3. The van der Waals surface area contributed by atoms with Crippen LogP contribution in [0.5, 0.6) is 0 Å². The van der Waals surface area contributed by atoms with E-state index in [2.05, 4.69) is 5.32 Å². The number of halogens is 3. The number of benzene rings is 1. The Hall–Kier alpha value is -2.61. The van der Waals surface area contributed by atoms with E-state index >= 15 is 0 Å². The molecule has 0 aliphatic heterocycles. The smallest absolute Gasteiger partial charge is 0.396 e. The van der Waals surface area contributed by atoms with Gasteiger partial charge in [-0.25, -0.2) is 0 Å². The number of alkyl halides is 3. The Bertz CT molecular complexity index is 892. The van der Waals surface area contributed by atoms with E-state index in [0.717, 1.165) is 23.6 Å². The maximum Gasteiger partial charge on any atom is 0.431 e. The summed E-state index contributed by atoms with van der Waals surface area (Å²) in [7, 11) is 0. The summed E-state index contributed by atoms with van der Waals surface area (Å²) in [4.78, 5) is 26.1. The summed E-state index contributed by atoms with van der Waals surface area (Å²) < 4.78 is 38.0. The van der Waals surface area contributed by atoms with E-state index in [4.69, 9.17) is 0 Å². The number of aromatic nitrogens is 1. The fourth-order valence-corrected chi connectivity index (χ4v) is 3.51. The lowest BCUT2D eigenvalue weighted by Crippen LogP contribution is -2.36. The number of aliphatic hydroxyl groups excluding tert-OH is 1. The number of pyridine rings is 1. The molecule has 0 radical (unpaired) electrons. The highest BCUT2D eigenvalue weighted by atomic mass is 19.4. The number of nitrogens with one attached hydrogen (secondary N) is 2. The summed E-state index contributed by atoms with van der Waals surface area (Å²) in [5.41, 5.74) is -0.685. The van der Waals surface area contributed by atoms with Crippen molar-refractivity contribution >= 4 is 5.91 Å². The minimum absolute atomic E-state index is 0.0338. The van der Waals surface area contributed by atoms with Crippen LogP contribution in [-0.2, 0) is 12.6 Å². The number of aliphatic hydroxyl groups is 1. The lowest BCUT2D eigenvalue weighted by atomic mass is 9.79. The highest BCUT2D eigenvalue weighted by Gasteiger charge is 2.33. The van der Waals surface area contributed by atoms with Gasteiger partial charge in [0.15, 0.2) is 0 Å². The van der Waals surface area contributed by atoms with Crippen LogP contribution in [0, 0.1) is 5.92 Å². The fraction of sp³-hybridized carbons (Fsp3) is 0.368. The van der Waals surface area contributed by atoms with Crippen molar-refractivity contribution in [2.45, 2.75) is 31.5 Å². The second-order valence-corrected chi connectivity index (χ2v) is 6.66. The zero-order chi connectivity index (χ0) is 19.6. The normalized spacial score (nSPS) is 19.4. The first-order valence-corrected chi connectivity index (χ1v) is 8.59. The molecule has 3 N–H and O–H groups in total. The van der Waals surface area contributed by atoms with Crippen molar-refractivity contribution in [1.29, 1.82) is 0 Å². The van der Waals surface area contributed by atoms with Crippen LogP contribution in [0.25, 0.3) is 0 Å². The van der Waals surface area contributed by atoms with Crippen molar-refractivity contribution in [1.82, 2.24) is 10.3 Å². The van der Waals surface area contributed by atoms with E-state index in [9.17, 15) is 27.9 Å². The van der Waals surface area contributed by atoms with Crippen LogP contribution in [0.1, 0.15) is 46.1 Å². The van der Waals surface area contributed by atoms with Crippen molar-refractivity contribution in [3.05, 3.63) is 69.1 Å². The van der Waals surface area contributed by atoms with Gasteiger partial charge in [-0.05, 0) is 48.4 Å². The number of fused-ring (bicyclic) bond motifs is 1. The summed E-state index contributed by atoms with van der Waals surface area (Å²) in [6, 6.07) is 8.75. The SMILES string of the molecule is O=C(N[C@@H]1C[C@@H](CCO)Cc2ccccc21)c1ccc(C(F)(F)F)[nH]c1=O. The lowest BCUT2D eigenvalue weighted by Gasteiger charge is -2.32. The molecule has 1 aliphatic rings. The van der Waals surface area contributed by atoms with Crippen molar-refractivity contribution < 1.29 is 23.1 Å². The Morgan fingerprint density at radius 2 is 1.96 bits per heavy atom. The van der Waals surface area contributed by atoms with Gasteiger partial charge in [-0.2, -0.15) is 13.2 Å². The molecule has 144 valence electrons. The topological polar surface area (TPSA) is 82.2 Å². The number of hydrogen-bond acceptors (Lipinski definition) is 3. The Kier molecular flexibility index (Phi) is 5.36. The maximum atomic E-state index is 12.7. The predicted molar refractivity (Wildman–Crippen MR) is 92.2 cm³/mol. The lowest BCUT2D eigenvalue weighted by molar-refractivity contribution is -0.141. The number of aromatic amines is 1. The molecule has 1 amide bonds. The Morgan fingerprint density at radius 3 is 2.63 bits per heavy atom. The largest absolute Gasteiger partial charge is 0.431 e. The first-order valence-electron chi connectivity index (χ1n) is 8.59. The number of carbonyl (C=O) groups is 1. The average Bonchev–Trinajstić information content (AvgIpc) is 2.61. The van der Waals surface area contributed by atoms with E-state index in [1.807, 2.05) is 24.3 Å². The van der Waals surface area contributed by atoms with Crippen LogP contribution in [0.15, 0.2) is 41.2 Å². The van der Waals surface area contributed by atoms with Gasteiger partial charge in [0.2, 0.25) is 0 Å². The summed E-state index contributed by atoms with van der Waals surface area (Å²) >= 11 is 0. The number of carbonyl (C=O) groups excluding carboxylic acids is 1. The number of amides is 1. The minimum Gasteiger partial charge on any atom is -0.396 e. The second-order valence-electron chi connectivity index (χ2n) is 6.66.